The lowest BCUT2D eigenvalue weighted by Gasteiger charge is -2.22. The second kappa shape index (κ2) is 6.60. The fourth-order valence-electron chi connectivity index (χ4n) is 2.30. The van der Waals surface area contributed by atoms with Crippen molar-refractivity contribution in [1.29, 1.82) is 0 Å². The minimum Gasteiger partial charge on any atom is -0.385 e. The monoisotopic (exact) mass is 236 g/mol. The van der Waals surface area contributed by atoms with Crippen LogP contribution in [-0.4, -0.2) is 19.6 Å². The lowest BCUT2D eigenvalue weighted by Crippen LogP contribution is -2.28. The molecule has 0 saturated carbocycles. The molecule has 1 saturated heterocycles. The highest BCUT2D eigenvalue weighted by Crippen LogP contribution is 2.16. The molecule has 1 aliphatic rings. The van der Waals surface area contributed by atoms with Crippen LogP contribution < -0.4 is 10.6 Å². The highest BCUT2D eigenvalue weighted by molar-refractivity contribution is 5.44. The van der Waals surface area contributed by atoms with Gasteiger partial charge in [-0.1, -0.05) is 12.1 Å². The second-order valence-corrected chi connectivity index (χ2v) is 4.74. The summed E-state index contributed by atoms with van der Waals surface area (Å²) < 4.78 is 12.3. The van der Waals surface area contributed by atoms with Crippen molar-refractivity contribution in [2.75, 3.05) is 25.0 Å². The minimum atomic E-state index is -0.380. The first-order valence-electron chi connectivity index (χ1n) is 6.48. The maximum atomic E-state index is 12.3. The van der Waals surface area contributed by atoms with E-state index in [1.165, 1.54) is 19.3 Å². The van der Waals surface area contributed by atoms with E-state index in [0.29, 0.717) is 0 Å². The fourth-order valence-corrected chi connectivity index (χ4v) is 2.30. The Morgan fingerprint density at radius 1 is 1.18 bits per heavy atom. The molecule has 17 heavy (non-hydrogen) atoms. The molecule has 1 aromatic rings. The number of halogens is 1. The van der Waals surface area contributed by atoms with Crippen molar-refractivity contribution in [3.8, 4) is 0 Å². The van der Waals surface area contributed by atoms with Gasteiger partial charge in [-0.05, 0) is 56.0 Å². The average Bonchev–Trinajstić information content (AvgIpc) is 2.41. The van der Waals surface area contributed by atoms with Crippen molar-refractivity contribution in [2.45, 2.75) is 25.9 Å². The van der Waals surface area contributed by atoms with Gasteiger partial charge in [0.2, 0.25) is 0 Å². The SMILES string of the molecule is FCc1ccc(NCCC2CCNCC2)cc1. The summed E-state index contributed by atoms with van der Waals surface area (Å²) in [5, 5.41) is 6.78. The Kier molecular flexibility index (Phi) is 4.80. The highest BCUT2D eigenvalue weighted by Gasteiger charge is 2.11. The van der Waals surface area contributed by atoms with E-state index >= 15 is 0 Å². The number of alkyl halides is 1. The van der Waals surface area contributed by atoms with Crippen LogP contribution in [-0.2, 0) is 6.67 Å². The number of nitrogens with one attached hydrogen (secondary N) is 2. The van der Waals surface area contributed by atoms with Crippen LogP contribution >= 0.6 is 0 Å². The molecule has 2 nitrogen and oxygen atoms in total. The van der Waals surface area contributed by atoms with Crippen LogP contribution in [0.15, 0.2) is 24.3 Å². The zero-order valence-corrected chi connectivity index (χ0v) is 10.2. The number of rotatable bonds is 5. The summed E-state index contributed by atoms with van der Waals surface area (Å²) in [6.45, 7) is 2.96. The van der Waals surface area contributed by atoms with Crippen LogP contribution in [0.25, 0.3) is 0 Å². The molecule has 1 fully saturated rings. The number of piperidine rings is 1. The Bertz CT molecular complexity index is 317. The summed E-state index contributed by atoms with van der Waals surface area (Å²) >= 11 is 0. The molecule has 0 atom stereocenters. The topological polar surface area (TPSA) is 24.1 Å². The first-order chi connectivity index (χ1) is 8.38. The average molecular weight is 236 g/mol. The lowest BCUT2D eigenvalue weighted by atomic mass is 9.95. The zero-order valence-electron chi connectivity index (χ0n) is 10.2. The summed E-state index contributed by atoms with van der Waals surface area (Å²) in [4.78, 5) is 0. The first kappa shape index (κ1) is 12.4. The van der Waals surface area contributed by atoms with Crippen molar-refractivity contribution in [3.05, 3.63) is 29.8 Å². The van der Waals surface area contributed by atoms with E-state index in [4.69, 9.17) is 0 Å². The predicted molar refractivity (Wildman–Crippen MR) is 70.0 cm³/mol. The summed E-state index contributed by atoms with van der Waals surface area (Å²) in [6.07, 6.45) is 3.82. The van der Waals surface area contributed by atoms with Crippen molar-refractivity contribution in [2.24, 2.45) is 5.92 Å². The smallest absolute Gasteiger partial charge is 0.115 e. The first-order valence-corrected chi connectivity index (χ1v) is 6.48. The maximum absolute atomic E-state index is 12.3. The zero-order chi connectivity index (χ0) is 11.9. The van der Waals surface area contributed by atoms with Crippen LogP contribution in [0.2, 0.25) is 0 Å². The van der Waals surface area contributed by atoms with Gasteiger partial charge in [0.15, 0.2) is 0 Å². The van der Waals surface area contributed by atoms with Gasteiger partial charge in [-0.3, -0.25) is 0 Å². The van der Waals surface area contributed by atoms with Crippen molar-refractivity contribution in [3.63, 3.8) is 0 Å². The molecular formula is C14H21FN2. The molecule has 2 rings (SSSR count). The van der Waals surface area contributed by atoms with Gasteiger partial charge in [-0.25, -0.2) is 4.39 Å². The van der Waals surface area contributed by atoms with Gasteiger partial charge in [0.25, 0.3) is 0 Å². The summed E-state index contributed by atoms with van der Waals surface area (Å²) in [7, 11) is 0. The van der Waals surface area contributed by atoms with E-state index in [9.17, 15) is 4.39 Å². The Labute approximate surface area is 103 Å². The molecule has 0 aromatic heterocycles. The highest BCUT2D eigenvalue weighted by atomic mass is 19.1. The second-order valence-electron chi connectivity index (χ2n) is 4.74. The number of hydrogen-bond acceptors (Lipinski definition) is 2. The molecule has 3 heteroatoms. The molecule has 0 amide bonds. The van der Waals surface area contributed by atoms with Gasteiger partial charge in [0.1, 0.15) is 6.67 Å². The van der Waals surface area contributed by atoms with Crippen LogP contribution in [0.4, 0.5) is 10.1 Å². The van der Waals surface area contributed by atoms with Gasteiger partial charge < -0.3 is 10.6 Å². The Morgan fingerprint density at radius 3 is 2.53 bits per heavy atom. The fraction of sp³-hybridized carbons (Fsp3) is 0.571. The summed E-state index contributed by atoms with van der Waals surface area (Å²) in [5.41, 5.74) is 1.84. The largest absolute Gasteiger partial charge is 0.385 e. The van der Waals surface area contributed by atoms with E-state index < -0.39 is 0 Å². The molecule has 0 spiro atoms. The Balaban J connectivity index is 1.69. The molecular weight excluding hydrogens is 215 g/mol. The Hall–Kier alpha value is -1.09. The molecule has 94 valence electrons. The molecule has 1 aromatic carbocycles. The Morgan fingerprint density at radius 2 is 1.88 bits per heavy atom. The van der Waals surface area contributed by atoms with Crippen LogP contribution in [0, 0.1) is 5.92 Å². The van der Waals surface area contributed by atoms with Gasteiger partial charge in [0, 0.05) is 12.2 Å². The van der Waals surface area contributed by atoms with Crippen molar-refractivity contribution in [1.82, 2.24) is 5.32 Å². The van der Waals surface area contributed by atoms with Gasteiger partial charge in [0.05, 0.1) is 0 Å². The molecule has 1 aliphatic heterocycles. The van der Waals surface area contributed by atoms with Crippen molar-refractivity contribution < 1.29 is 4.39 Å². The molecule has 0 aliphatic carbocycles. The van der Waals surface area contributed by atoms with E-state index in [-0.39, 0.29) is 6.67 Å². The molecule has 0 radical (unpaired) electrons. The third kappa shape index (κ3) is 4.00. The molecule has 0 bridgehead atoms. The number of anilines is 1. The van der Waals surface area contributed by atoms with Gasteiger partial charge >= 0.3 is 0 Å². The third-order valence-electron chi connectivity index (χ3n) is 3.45. The van der Waals surface area contributed by atoms with E-state index in [0.717, 1.165) is 36.8 Å². The van der Waals surface area contributed by atoms with Gasteiger partial charge in [-0.15, -0.1) is 0 Å². The van der Waals surface area contributed by atoms with Crippen LogP contribution in [0.5, 0.6) is 0 Å². The van der Waals surface area contributed by atoms with Gasteiger partial charge in [-0.2, -0.15) is 0 Å². The normalized spacial score (nSPS) is 17.0. The predicted octanol–water partition coefficient (Wildman–Crippen LogP) is 2.96. The quantitative estimate of drug-likeness (QED) is 0.821. The lowest BCUT2D eigenvalue weighted by molar-refractivity contribution is 0.361. The summed E-state index contributed by atoms with van der Waals surface area (Å²) in [6, 6.07) is 7.59. The third-order valence-corrected chi connectivity index (χ3v) is 3.45. The van der Waals surface area contributed by atoms with Crippen molar-refractivity contribution >= 4 is 5.69 Å². The molecule has 2 N–H and O–H groups in total. The molecule has 1 heterocycles. The number of hydrogen-bond donors (Lipinski definition) is 2. The van der Waals surface area contributed by atoms with Crippen LogP contribution in [0.3, 0.4) is 0 Å². The van der Waals surface area contributed by atoms with Crippen LogP contribution in [0.1, 0.15) is 24.8 Å². The number of benzene rings is 1. The standard InChI is InChI=1S/C14H21FN2/c15-11-13-1-3-14(4-2-13)17-10-7-12-5-8-16-9-6-12/h1-4,12,16-17H,5-11H2. The maximum Gasteiger partial charge on any atom is 0.115 e. The van der Waals surface area contributed by atoms with E-state index in [1.807, 2.05) is 24.3 Å². The molecule has 0 unspecified atom stereocenters. The van der Waals surface area contributed by atoms with E-state index in [1.54, 1.807) is 0 Å². The summed E-state index contributed by atoms with van der Waals surface area (Å²) in [5.74, 6) is 0.855. The van der Waals surface area contributed by atoms with E-state index in [2.05, 4.69) is 10.6 Å². The minimum absolute atomic E-state index is 0.380.